The van der Waals surface area contributed by atoms with E-state index in [9.17, 15) is 10.1 Å². The minimum absolute atomic E-state index is 0.157. The van der Waals surface area contributed by atoms with E-state index < -0.39 is 0 Å². The molecular weight excluding hydrogens is 357 g/mol. The van der Waals surface area contributed by atoms with E-state index in [1.165, 1.54) is 6.42 Å². The van der Waals surface area contributed by atoms with Crippen LogP contribution >= 0.6 is 22.6 Å². The summed E-state index contributed by atoms with van der Waals surface area (Å²) in [4.78, 5) is 12.7. The van der Waals surface area contributed by atoms with Crippen LogP contribution in [0.5, 0.6) is 0 Å². The number of nitrogens with zero attached hydrogens (tertiary/aromatic N) is 2. The van der Waals surface area contributed by atoms with Crippen LogP contribution in [0.15, 0.2) is 18.2 Å². The molecule has 1 aromatic carbocycles. The fraction of sp³-hybridized carbons (Fsp3) is 0.538. The maximum atomic E-state index is 10.8. The molecule has 0 aliphatic carbocycles. The van der Waals surface area contributed by atoms with Gasteiger partial charge in [-0.2, -0.15) is 0 Å². The van der Waals surface area contributed by atoms with Crippen LogP contribution in [0.25, 0.3) is 0 Å². The topological polar surface area (TPSA) is 58.4 Å². The third kappa shape index (κ3) is 3.56. The van der Waals surface area contributed by atoms with E-state index in [1.54, 1.807) is 12.1 Å². The number of non-ortho nitro benzene ring substituents is 1. The molecule has 1 heterocycles. The van der Waals surface area contributed by atoms with Gasteiger partial charge in [0.15, 0.2) is 0 Å². The van der Waals surface area contributed by atoms with Crippen molar-refractivity contribution in [1.29, 1.82) is 0 Å². The smallest absolute Gasteiger partial charge is 0.270 e. The van der Waals surface area contributed by atoms with Gasteiger partial charge in [-0.15, -0.1) is 0 Å². The monoisotopic (exact) mass is 375 g/mol. The molecule has 0 radical (unpaired) electrons. The van der Waals surface area contributed by atoms with E-state index in [2.05, 4.69) is 39.9 Å². The van der Waals surface area contributed by atoms with Gasteiger partial charge >= 0.3 is 0 Å². The molecule has 5 nitrogen and oxygen atoms in total. The maximum absolute atomic E-state index is 10.8. The van der Waals surface area contributed by atoms with Gasteiger partial charge in [-0.05, 0) is 61.0 Å². The van der Waals surface area contributed by atoms with Crippen LogP contribution in [0.1, 0.15) is 19.3 Å². The highest BCUT2D eigenvalue weighted by molar-refractivity contribution is 14.1. The SMILES string of the molecule is CN(c1ccc([N+](=O)[O-])cc1I)C1CCCNCC1. The first-order valence-electron chi connectivity index (χ1n) is 6.47. The molecule has 1 aliphatic heterocycles. The molecule has 1 fully saturated rings. The van der Waals surface area contributed by atoms with Crippen LogP contribution in [0.2, 0.25) is 0 Å². The minimum atomic E-state index is -0.346. The van der Waals surface area contributed by atoms with E-state index in [0.717, 1.165) is 35.2 Å². The number of benzene rings is 1. The van der Waals surface area contributed by atoms with Crippen molar-refractivity contribution in [1.82, 2.24) is 5.32 Å². The van der Waals surface area contributed by atoms with Crippen molar-refractivity contribution in [3.05, 3.63) is 31.9 Å². The molecule has 6 heteroatoms. The third-order valence-electron chi connectivity index (χ3n) is 3.62. The summed E-state index contributed by atoms with van der Waals surface area (Å²) in [5.41, 5.74) is 1.24. The standard InChI is InChI=1S/C13H18IN3O2/c1-16(10-3-2-7-15-8-6-10)13-5-4-11(17(18)19)9-12(13)14/h4-5,9-10,15H,2-3,6-8H2,1H3. The van der Waals surface area contributed by atoms with Gasteiger partial charge in [0.2, 0.25) is 0 Å². The van der Waals surface area contributed by atoms with E-state index in [4.69, 9.17) is 0 Å². The van der Waals surface area contributed by atoms with Crippen molar-refractivity contribution in [3.63, 3.8) is 0 Å². The average Bonchev–Trinajstić information content (AvgIpc) is 2.66. The number of nitro groups is 1. The molecule has 104 valence electrons. The predicted octanol–water partition coefficient (Wildman–Crippen LogP) is 2.78. The summed E-state index contributed by atoms with van der Waals surface area (Å²) in [7, 11) is 2.08. The lowest BCUT2D eigenvalue weighted by molar-refractivity contribution is -0.384. The largest absolute Gasteiger partial charge is 0.371 e. The second-order valence-electron chi connectivity index (χ2n) is 4.84. The molecule has 0 bridgehead atoms. The quantitative estimate of drug-likeness (QED) is 0.502. The summed E-state index contributed by atoms with van der Waals surface area (Å²) in [5.74, 6) is 0. The first-order valence-corrected chi connectivity index (χ1v) is 7.55. The highest BCUT2D eigenvalue weighted by Gasteiger charge is 2.20. The number of hydrogen-bond donors (Lipinski definition) is 1. The van der Waals surface area contributed by atoms with Crippen molar-refractivity contribution in [3.8, 4) is 0 Å². The molecule has 2 rings (SSSR count). The minimum Gasteiger partial charge on any atom is -0.371 e. The molecule has 0 aromatic heterocycles. The van der Waals surface area contributed by atoms with Crippen molar-refractivity contribution in [2.24, 2.45) is 0 Å². The molecule has 1 N–H and O–H groups in total. The first-order chi connectivity index (χ1) is 9.09. The fourth-order valence-corrected chi connectivity index (χ4v) is 3.36. The van der Waals surface area contributed by atoms with Gasteiger partial charge in [0.05, 0.1) is 10.6 Å². The highest BCUT2D eigenvalue weighted by atomic mass is 127. The summed E-state index contributed by atoms with van der Waals surface area (Å²) in [6.07, 6.45) is 3.46. The first kappa shape index (κ1) is 14.5. The van der Waals surface area contributed by atoms with E-state index in [1.807, 2.05) is 6.07 Å². The molecule has 1 aliphatic rings. The Labute approximate surface area is 126 Å². The number of nitro benzene ring substituents is 1. The van der Waals surface area contributed by atoms with Gasteiger partial charge < -0.3 is 10.2 Å². The molecule has 0 spiro atoms. The Morgan fingerprint density at radius 2 is 2.21 bits per heavy atom. The average molecular weight is 375 g/mol. The van der Waals surface area contributed by atoms with Gasteiger partial charge in [-0.25, -0.2) is 0 Å². The van der Waals surface area contributed by atoms with Gasteiger partial charge in [0.1, 0.15) is 0 Å². The molecule has 1 saturated heterocycles. The van der Waals surface area contributed by atoms with Crippen molar-refractivity contribution in [2.45, 2.75) is 25.3 Å². The van der Waals surface area contributed by atoms with Crippen LogP contribution in [-0.2, 0) is 0 Å². The normalized spacial score (nSPS) is 19.8. The summed E-state index contributed by atoms with van der Waals surface area (Å²) in [6, 6.07) is 5.59. The molecule has 0 saturated carbocycles. The predicted molar refractivity (Wildman–Crippen MR) is 84.7 cm³/mol. The Morgan fingerprint density at radius 3 is 2.89 bits per heavy atom. The number of anilines is 1. The lowest BCUT2D eigenvalue weighted by Crippen LogP contribution is -2.32. The van der Waals surface area contributed by atoms with Gasteiger partial charge in [0, 0.05) is 28.8 Å². The van der Waals surface area contributed by atoms with Crippen molar-refractivity contribution < 1.29 is 4.92 Å². The maximum Gasteiger partial charge on any atom is 0.270 e. The lowest BCUT2D eigenvalue weighted by Gasteiger charge is -2.29. The Bertz CT molecular complexity index is 459. The Morgan fingerprint density at radius 1 is 1.42 bits per heavy atom. The highest BCUT2D eigenvalue weighted by Crippen LogP contribution is 2.29. The summed E-state index contributed by atoms with van der Waals surface area (Å²) in [5, 5.41) is 14.2. The van der Waals surface area contributed by atoms with E-state index in [0.29, 0.717) is 6.04 Å². The molecule has 1 atom stereocenters. The van der Waals surface area contributed by atoms with Crippen LogP contribution in [0.3, 0.4) is 0 Å². The number of rotatable bonds is 3. The molecule has 1 unspecified atom stereocenters. The second kappa shape index (κ2) is 6.51. The van der Waals surface area contributed by atoms with Gasteiger partial charge in [0.25, 0.3) is 5.69 Å². The van der Waals surface area contributed by atoms with E-state index in [-0.39, 0.29) is 10.6 Å². The number of hydrogen-bond acceptors (Lipinski definition) is 4. The van der Waals surface area contributed by atoms with Crippen LogP contribution in [0.4, 0.5) is 11.4 Å². The zero-order valence-electron chi connectivity index (χ0n) is 10.9. The van der Waals surface area contributed by atoms with Crippen LogP contribution in [-0.4, -0.2) is 31.1 Å². The van der Waals surface area contributed by atoms with Crippen molar-refractivity contribution in [2.75, 3.05) is 25.0 Å². The molecule has 19 heavy (non-hydrogen) atoms. The van der Waals surface area contributed by atoms with Crippen LogP contribution in [0, 0.1) is 13.7 Å². The number of nitrogens with one attached hydrogen (secondary N) is 1. The second-order valence-corrected chi connectivity index (χ2v) is 6.00. The van der Waals surface area contributed by atoms with Crippen molar-refractivity contribution >= 4 is 34.0 Å². The number of halogens is 1. The molecular formula is C13H18IN3O2. The van der Waals surface area contributed by atoms with Crippen LogP contribution < -0.4 is 10.2 Å². The fourth-order valence-electron chi connectivity index (χ4n) is 2.48. The Hall–Kier alpha value is -0.890. The summed E-state index contributed by atoms with van der Waals surface area (Å²) in [6.45, 7) is 2.13. The van der Waals surface area contributed by atoms with Gasteiger partial charge in [-0.1, -0.05) is 0 Å². The van der Waals surface area contributed by atoms with Gasteiger partial charge in [-0.3, -0.25) is 10.1 Å². The Balaban J connectivity index is 2.18. The zero-order chi connectivity index (χ0) is 13.8. The summed E-state index contributed by atoms with van der Waals surface area (Å²) >= 11 is 2.18. The lowest BCUT2D eigenvalue weighted by atomic mass is 10.1. The third-order valence-corrected chi connectivity index (χ3v) is 4.48. The zero-order valence-corrected chi connectivity index (χ0v) is 13.1. The van der Waals surface area contributed by atoms with E-state index >= 15 is 0 Å². The summed E-state index contributed by atoms with van der Waals surface area (Å²) < 4.78 is 0.937. The Kier molecular flexibility index (Phi) is 4.98. The molecule has 0 amide bonds. The molecule has 1 aromatic rings.